The number of esters is 1. The van der Waals surface area contributed by atoms with Crippen LogP contribution in [0, 0.1) is 0 Å². The molecule has 3 rings (SSSR count). The molecule has 0 saturated carbocycles. The standard InChI is InChI=1S/C21H19NO4/c1-15(22-21(24)25-14-16-7-3-2-4-8-16)20(23)26-19-12-11-17-9-5-6-10-18(17)13-19/h2-13,15H,14H2,1H3,(H,22,24)/t15-/m1/s1. The summed E-state index contributed by atoms with van der Waals surface area (Å²) in [7, 11) is 0. The number of nitrogens with one attached hydrogen (secondary N) is 1. The van der Waals surface area contributed by atoms with Gasteiger partial charge < -0.3 is 14.8 Å². The Morgan fingerprint density at radius 1 is 0.923 bits per heavy atom. The molecule has 1 N–H and O–H groups in total. The van der Waals surface area contributed by atoms with Gasteiger partial charge in [-0.05, 0) is 35.4 Å². The molecular formula is C21H19NO4. The Hall–Kier alpha value is -3.34. The second-order valence-electron chi connectivity index (χ2n) is 5.86. The topological polar surface area (TPSA) is 64.6 Å². The second-order valence-corrected chi connectivity index (χ2v) is 5.86. The maximum absolute atomic E-state index is 12.2. The first-order chi connectivity index (χ1) is 12.6. The van der Waals surface area contributed by atoms with E-state index in [1.54, 1.807) is 19.1 Å². The van der Waals surface area contributed by atoms with Gasteiger partial charge in [0.15, 0.2) is 0 Å². The molecule has 0 aromatic heterocycles. The van der Waals surface area contributed by atoms with E-state index < -0.39 is 18.1 Å². The molecular weight excluding hydrogens is 330 g/mol. The number of amides is 1. The Morgan fingerprint density at radius 2 is 1.62 bits per heavy atom. The van der Waals surface area contributed by atoms with E-state index in [0.29, 0.717) is 5.75 Å². The van der Waals surface area contributed by atoms with Gasteiger partial charge in [-0.2, -0.15) is 0 Å². The quantitative estimate of drug-likeness (QED) is 0.557. The summed E-state index contributed by atoms with van der Waals surface area (Å²) >= 11 is 0. The monoisotopic (exact) mass is 349 g/mol. The molecule has 5 nitrogen and oxygen atoms in total. The molecule has 0 fully saturated rings. The number of hydrogen-bond donors (Lipinski definition) is 1. The molecule has 0 aliphatic rings. The van der Waals surface area contributed by atoms with Gasteiger partial charge in [0.05, 0.1) is 0 Å². The minimum Gasteiger partial charge on any atom is -0.445 e. The van der Waals surface area contributed by atoms with Crippen molar-refractivity contribution >= 4 is 22.8 Å². The Balaban J connectivity index is 1.52. The summed E-state index contributed by atoms with van der Waals surface area (Å²) < 4.78 is 10.4. The number of fused-ring (bicyclic) bond motifs is 1. The number of rotatable bonds is 5. The van der Waals surface area contributed by atoms with E-state index in [1.807, 2.05) is 60.7 Å². The lowest BCUT2D eigenvalue weighted by Gasteiger charge is -2.13. The van der Waals surface area contributed by atoms with Crippen LogP contribution in [0.3, 0.4) is 0 Å². The molecule has 1 atom stereocenters. The van der Waals surface area contributed by atoms with Gasteiger partial charge in [-0.1, -0.05) is 60.7 Å². The van der Waals surface area contributed by atoms with E-state index in [0.717, 1.165) is 16.3 Å². The molecule has 132 valence electrons. The van der Waals surface area contributed by atoms with Crippen molar-refractivity contribution in [2.24, 2.45) is 0 Å². The fourth-order valence-electron chi connectivity index (χ4n) is 2.44. The zero-order chi connectivity index (χ0) is 18.4. The average Bonchev–Trinajstić information content (AvgIpc) is 2.67. The third kappa shape index (κ3) is 4.60. The number of carbonyl (C=O) groups is 2. The number of ether oxygens (including phenoxy) is 2. The van der Waals surface area contributed by atoms with E-state index in [2.05, 4.69) is 5.32 Å². The highest BCUT2D eigenvalue weighted by molar-refractivity contribution is 5.86. The second kappa shape index (κ2) is 8.16. The van der Waals surface area contributed by atoms with Crippen LogP contribution < -0.4 is 10.1 Å². The van der Waals surface area contributed by atoms with Crippen LogP contribution in [0.15, 0.2) is 72.8 Å². The molecule has 26 heavy (non-hydrogen) atoms. The van der Waals surface area contributed by atoms with Gasteiger partial charge in [-0.3, -0.25) is 0 Å². The van der Waals surface area contributed by atoms with Crippen LogP contribution in [0.4, 0.5) is 4.79 Å². The van der Waals surface area contributed by atoms with Crippen LogP contribution in [0.2, 0.25) is 0 Å². The first kappa shape index (κ1) is 17.5. The van der Waals surface area contributed by atoms with Gasteiger partial charge in [0.25, 0.3) is 0 Å². The lowest BCUT2D eigenvalue weighted by molar-refractivity contribution is -0.136. The van der Waals surface area contributed by atoms with E-state index in [9.17, 15) is 9.59 Å². The Morgan fingerprint density at radius 3 is 2.38 bits per heavy atom. The summed E-state index contributed by atoms with van der Waals surface area (Å²) in [6.07, 6.45) is -0.670. The van der Waals surface area contributed by atoms with Crippen LogP contribution in [0.25, 0.3) is 10.8 Å². The summed E-state index contributed by atoms with van der Waals surface area (Å²) in [4.78, 5) is 24.0. The summed E-state index contributed by atoms with van der Waals surface area (Å²) in [5.74, 6) is -0.128. The minimum atomic E-state index is -0.829. The van der Waals surface area contributed by atoms with Gasteiger partial charge in [0.2, 0.25) is 0 Å². The predicted octanol–water partition coefficient (Wildman–Crippen LogP) is 4.06. The lowest BCUT2D eigenvalue weighted by atomic mass is 10.1. The Bertz CT molecular complexity index is 908. The van der Waals surface area contributed by atoms with Gasteiger partial charge in [-0.25, -0.2) is 9.59 Å². The summed E-state index contributed by atoms with van der Waals surface area (Å²) in [5.41, 5.74) is 0.869. The van der Waals surface area contributed by atoms with Crippen LogP contribution >= 0.6 is 0 Å². The van der Waals surface area contributed by atoms with Gasteiger partial charge in [0, 0.05) is 0 Å². The zero-order valence-electron chi connectivity index (χ0n) is 14.3. The number of hydrogen-bond acceptors (Lipinski definition) is 4. The first-order valence-electron chi connectivity index (χ1n) is 8.29. The van der Waals surface area contributed by atoms with Crippen molar-refractivity contribution in [3.8, 4) is 5.75 Å². The minimum absolute atomic E-state index is 0.138. The molecule has 0 radical (unpaired) electrons. The van der Waals surface area contributed by atoms with E-state index in [-0.39, 0.29) is 6.61 Å². The highest BCUT2D eigenvalue weighted by Gasteiger charge is 2.18. The summed E-state index contributed by atoms with van der Waals surface area (Å²) in [5, 5.41) is 4.50. The Labute approximate surface area is 151 Å². The van der Waals surface area contributed by atoms with Crippen LogP contribution in [-0.2, 0) is 16.1 Å². The van der Waals surface area contributed by atoms with E-state index in [4.69, 9.17) is 9.47 Å². The molecule has 0 heterocycles. The van der Waals surface area contributed by atoms with Gasteiger partial charge in [-0.15, -0.1) is 0 Å². The normalized spacial score (nSPS) is 11.6. The van der Waals surface area contributed by atoms with Crippen molar-refractivity contribution in [3.05, 3.63) is 78.4 Å². The maximum Gasteiger partial charge on any atom is 0.408 e. The Kier molecular flexibility index (Phi) is 5.49. The van der Waals surface area contributed by atoms with Crippen molar-refractivity contribution < 1.29 is 19.1 Å². The third-order valence-corrected chi connectivity index (χ3v) is 3.84. The molecule has 3 aromatic carbocycles. The van der Waals surface area contributed by atoms with Gasteiger partial charge >= 0.3 is 12.1 Å². The number of carbonyl (C=O) groups excluding carboxylic acids is 2. The molecule has 0 unspecified atom stereocenters. The fourth-order valence-corrected chi connectivity index (χ4v) is 2.44. The highest BCUT2D eigenvalue weighted by Crippen LogP contribution is 2.20. The predicted molar refractivity (Wildman–Crippen MR) is 98.8 cm³/mol. The molecule has 0 bridgehead atoms. The molecule has 0 aliphatic heterocycles. The van der Waals surface area contributed by atoms with E-state index >= 15 is 0 Å². The lowest BCUT2D eigenvalue weighted by Crippen LogP contribution is -2.41. The van der Waals surface area contributed by atoms with Crippen molar-refractivity contribution in [1.29, 1.82) is 0 Å². The number of alkyl carbamates (subject to hydrolysis) is 1. The zero-order valence-corrected chi connectivity index (χ0v) is 14.3. The van der Waals surface area contributed by atoms with Crippen LogP contribution in [-0.4, -0.2) is 18.1 Å². The van der Waals surface area contributed by atoms with Crippen molar-refractivity contribution in [2.75, 3.05) is 0 Å². The van der Waals surface area contributed by atoms with Gasteiger partial charge in [0.1, 0.15) is 18.4 Å². The molecule has 0 saturated heterocycles. The third-order valence-electron chi connectivity index (χ3n) is 3.84. The molecule has 1 amide bonds. The fraction of sp³-hybridized carbons (Fsp3) is 0.143. The highest BCUT2D eigenvalue weighted by atomic mass is 16.6. The van der Waals surface area contributed by atoms with E-state index in [1.165, 1.54) is 0 Å². The van der Waals surface area contributed by atoms with Crippen molar-refractivity contribution in [1.82, 2.24) is 5.32 Å². The van der Waals surface area contributed by atoms with Crippen molar-refractivity contribution in [2.45, 2.75) is 19.6 Å². The molecule has 0 spiro atoms. The maximum atomic E-state index is 12.2. The van der Waals surface area contributed by atoms with Crippen LogP contribution in [0.5, 0.6) is 5.75 Å². The smallest absolute Gasteiger partial charge is 0.408 e. The average molecular weight is 349 g/mol. The molecule has 3 aromatic rings. The first-order valence-corrected chi connectivity index (χ1v) is 8.29. The summed E-state index contributed by atoms with van der Waals surface area (Å²) in [6.45, 7) is 1.69. The SMILES string of the molecule is C[C@@H](NC(=O)OCc1ccccc1)C(=O)Oc1ccc2ccccc2c1. The number of benzene rings is 3. The largest absolute Gasteiger partial charge is 0.445 e. The summed E-state index contributed by atoms with van der Waals surface area (Å²) in [6, 6.07) is 21.7. The molecule has 5 heteroatoms. The van der Waals surface area contributed by atoms with Crippen LogP contribution in [0.1, 0.15) is 12.5 Å². The molecule has 0 aliphatic carbocycles. The van der Waals surface area contributed by atoms with Crippen molar-refractivity contribution in [3.63, 3.8) is 0 Å².